The maximum absolute atomic E-state index is 13.1. The highest BCUT2D eigenvalue weighted by atomic mass is 35.5. The molecule has 0 heterocycles. The molecule has 2 rings (SSSR count). The molecule has 0 bridgehead atoms. The van der Waals surface area contributed by atoms with E-state index in [4.69, 9.17) is 25.8 Å². The predicted molar refractivity (Wildman–Crippen MR) is 121 cm³/mol. The summed E-state index contributed by atoms with van der Waals surface area (Å²) in [5, 5.41) is 3.15. The van der Waals surface area contributed by atoms with Gasteiger partial charge in [-0.3, -0.25) is 9.10 Å². The van der Waals surface area contributed by atoms with Gasteiger partial charge in [0.25, 0.3) is 0 Å². The Bertz CT molecular complexity index is 1040. The van der Waals surface area contributed by atoms with Gasteiger partial charge >= 0.3 is 0 Å². The second kappa shape index (κ2) is 10.1. The summed E-state index contributed by atoms with van der Waals surface area (Å²) in [4.78, 5) is 13.1. The van der Waals surface area contributed by atoms with Gasteiger partial charge in [0.2, 0.25) is 15.9 Å². The number of sulfonamides is 1. The second-order valence-corrected chi connectivity index (χ2v) is 9.18. The van der Waals surface area contributed by atoms with Crippen LogP contribution in [0.2, 0.25) is 5.02 Å². The molecule has 0 aromatic heterocycles. The van der Waals surface area contributed by atoms with Crippen molar-refractivity contribution in [3.63, 3.8) is 0 Å². The average Bonchev–Trinajstić information content (AvgIpc) is 2.72. The van der Waals surface area contributed by atoms with Crippen LogP contribution in [0.5, 0.6) is 17.2 Å². The van der Waals surface area contributed by atoms with E-state index in [0.29, 0.717) is 22.1 Å². The van der Waals surface area contributed by atoms with E-state index in [1.165, 1.54) is 27.2 Å². The number of nitrogens with one attached hydrogen (secondary N) is 1. The lowest BCUT2D eigenvalue weighted by Crippen LogP contribution is -2.48. The molecule has 0 aliphatic heterocycles. The lowest BCUT2D eigenvalue weighted by molar-refractivity contribution is -0.122. The normalized spacial score (nSPS) is 13.1. The number of carbonyl (C=O) groups excluding carboxylic acids is 1. The molecule has 2 atom stereocenters. The monoisotopic (exact) mass is 470 g/mol. The van der Waals surface area contributed by atoms with Crippen LogP contribution in [0.1, 0.15) is 25.5 Å². The van der Waals surface area contributed by atoms with Crippen molar-refractivity contribution in [1.29, 1.82) is 0 Å². The first-order valence-corrected chi connectivity index (χ1v) is 11.6. The lowest BCUT2D eigenvalue weighted by Gasteiger charge is -2.30. The maximum Gasteiger partial charge on any atom is 0.244 e. The molecule has 1 amide bonds. The van der Waals surface area contributed by atoms with E-state index in [2.05, 4.69) is 5.32 Å². The van der Waals surface area contributed by atoms with Gasteiger partial charge in [0.15, 0.2) is 0 Å². The Hall–Kier alpha value is -2.65. The number of nitrogens with zero attached hydrogens (tertiary/aromatic N) is 1. The number of hydrogen-bond donors (Lipinski definition) is 1. The van der Waals surface area contributed by atoms with Crippen molar-refractivity contribution in [3.8, 4) is 17.2 Å². The molecule has 0 unspecified atom stereocenters. The minimum atomic E-state index is -3.85. The first kappa shape index (κ1) is 24.6. The molecule has 170 valence electrons. The van der Waals surface area contributed by atoms with Crippen LogP contribution in [0.25, 0.3) is 0 Å². The zero-order chi connectivity index (χ0) is 23.3. The summed E-state index contributed by atoms with van der Waals surface area (Å²) in [5.41, 5.74) is 0.861. The van der Waals surface area contributed by atoms with E-state index in [1.807, 2.05) is 0 Å². The van der Waals surface area contributed by atoms with E-state index < -0.39 is 28.0 Å². The molecule has 2 aromatic rings. The molecular weight excluding hydrogens is 444 g/mol. The smallest absolute Gasteiger partial charge is 0.244 e. The van der Waals surface area contributed by atoms with Crippen molar-refractivity contribution in [2.45, 2.75) is 25.9 Å². The third-order valence-electron chi connectivity index (χ3n) is 4.73. The van der Waals surface area contributed by atoms with Crippen LogP contribution in [0.3, 0.4) is 0 Å². The highest BCUT2D eigenvalue weighted by Crippen LogP contribution is 2.35. The van der Waals surface area contributed by atoms with Gasteiger partial charge in [-0.25, -0.2) is 8.42 Å². The molecule has 0 fully saturated rings. The summed E-state index contributed by atoms with van der Waals surface area (Å²) in [6.45, 7) is 3.26. The molecular formula is C21H27ClN2O6S. The Morgan fingerprint density at radius 2 is 1.61 bits per heavy atom. The Kier molecular flexibility index (Phi) is 8.02. The number of anilines is 1. The molecule has 8 nitrogen and oxygen atoms in total. The molecule has 0 spiro atoms. The highest BCUT2D eigenvalue weighted by Gasteiger charge is 2.32. The van der Waals surface area contributed by atoms with Crippen molar-refractivity contribution in [2.24, 2.45) is 0 Å². The Morgan fingerprint density at radius 3 is 2.16 bits per heavy atom. The topological polar surface area (TPSA) is 94.2 Å². The third-order valence-corrected chi connectivity index (χ3v) is 6.19. The summed E-state index contributed by atoms with van der Waals surface area (Å²) < 4.78 is 42.1. The minimum Gasteiger partial charge on any atom is -0.497 e. The maximum atomic E-state index is 13.1. The van der Waals surface area contributed by atoms with Crippen molar-refractivity contribution >= 4 is 33.2 Å². The number of ether oxygens (including phenoxy) is 3. The Balaban J connectivity index is 2.38. The number of carbonyl (C=O) groups is 1. The van der Waals surface area contributed by atoms with E-state index in [-0.39, 0.29) is 11.4 Å². The van der Waals surface area contributed by atoms with Crippen LogP contribution < -0.4 is 23.8 Å². The van der Waals surface area contributed by atoms with Gasteiger partial charge < -0.3 is 19.5 Å². The van der Waals surface area contributed by atoms with E-state index >= 15 is 0 Å². The first-order chi connectivity index (χ1) is 14.5. The molecule has 10 heteroatoms. The number of benzene rings is 2. The SMILES string of the molecule is COc1ccc(OC)c([C@H](C)NC(=O)[C@H](C)N(c2cc(Cl)ccc2OC)S(C)(=O)=O)c1. The largest absolute Gasteiger partial charge is 0.497 e. The molecule has 31 heavy (non-hydrogen) atoms. The fourth-order valence-electron chi connectivity index (χ4n) is 3.21. The quantitative estimate of drug-likeness (QED) is 0.603. The van der Waals surface area contributed by atoms with E-state index in [1.54, 1.807) is 44.4 Å². The number of halogens is 1. The number of methoxy groups -OCH3 is 3. The Labute approximate surface area is 188 Å². The van der Waals surface area contributed by atoms with Gasteiger partial charge in [0.05, 0.1) is 39.3 Å². The van der Waals surface area contributed by atoms with Gasteiger partial charge in [-0.05, 0) is 50.2 Å². The zero-order valence-electron chi connectivity index (χ0n) is 18.3. The average molecular weight is 471 g/mol. The first-order valence-electron chi connectivity index (χ1n) is 9.38. The van der Waals surface area contributed by atoms with Crippen molar-refractivity contribution in [1.82, 2.24) is 5.32 Å². The second-order valence-electron chi connectivity index (χ2n) is 6.89. The van der Waals surface area contributed by atoms with Gasteiger partial charge in [-0.15, -0.1) is 0 Å². The number of rotatable bonds is 9. The van der Waals surface area contributed by atoms with Crippen LogP contribution in [-0.2, 0) is 14.8 Å². The highest BCUT2D eigenvalue weighted by molar-refractivity contribution is 7.92. The zero-order valence-corrected chi connectivity index (χ0v) is 19.9. The van der Waals surface area contributed by atoms with Crippen molar-refractivity contribution in [3.05, 3.63) is 47.0 Å². The third kappa shape index (κ3) is 5.74. The molecule has 0 saturated carbocycles. The fourth-order valence-corrected chi connectivity index (χ4v) is 4.54. The van der Waals surface area contributed by atoms with Crippen LogP contribution in [0, 0.1) is 0 Å². The molecule has 2 aromatic carbocycles. The number of hydrogen-bond acceptors (Lipinski definition) is 6. The molecule has 0 aliphatic carbocycles. The Morgan fingerprint density at radius 1 is 1.00 bits per heavy atom. The van der Waals surface area contributed by atoms with Crippen LogP contribution in [0.4, 0.5) is 5.69 Å². The van der Waals surface area contributed by atoms with Crippen LogP contribution >= 0.6 is 11.6 Å². The molecule has 0 aliphatic rings. The molecule has 0 radical (unpaired) electrons. The summed E-state index contributed by atoms with van der Waals surface area (Å²) in [6.07, 6.45) is 1.02. The van der Waals surface area contributed by atoms with Gasteiger partial charge in [0.1, 0.15) is 23.3 Å². The van der Waals surface area contributed by atoms with Crippen molar-refractivity contribution in [2.75, 3.05) is 31.9 Å². The standard InChI is InChI=1S/C21H27ClN2O6S/c1-13(17-12-16(28-3)8-10-19(17)29-4)23-21(25)14(2)24(31(6,26)27)18-11-15(22)7-9-20(18)30-5/h7-14H,1-6H3,(H,23,25)/t13-,14-/m0/s1. The van der Waals surface area contributed by atoms with Gasteiger partial charge in [-0.1, -0.05) is 11.6 Å². The molecule has 1 N–H and O–H groups in total. The minimum absolute atomic E-state index is 0.173. The molecule has 0 saturated heterocycles. The summed E-state index contributed by atoms with van der Waals surface area (Å²) in [5.74, 6) is 0.936. The lowest BCUT2D eigenvalue weighted by atomic mass is 10.1. The van der Waals surface area contributed by atoms with Crippen LogP contribution in [-0.4, -0.2) is 48.0 Å². The summed E-state index contributed by atoms with van der Waals surface area (Å²) in [6, 6.07) is 8.24. The van der Waals surface area contributed by atoms with E-state index in [9.17, 15) is 13.2 Å². The summed E-state index contributed by atoms with van der Waals surface area (Å²) in [7, 11) is 0.633. The number of amides is 1. The summed E-state index contributed by atoms with van der Waals surface area (Å²) >= 11 is 6.08. The fraction of sp³-hybridized carbons (Fsp3) is 0.381. The van der Waals surface area contributed by atoms with Crippen LogP contribution in [0.15, 0.2) is 36.4 Å². The van der Waals surface area contributed by atoms with Gasteiger partial charge in [-0.2, -0.15) is 0 Å². The van der Waals surface area contributed by atoms with Crippen molar-refractivity contribution < 1.29 is 27.4 Å². The van der Waals surface area contributed by atoms with E-state index in [0.717, 1.165) is 10.6 Å². The van der Waals surface area contributed by atoms with Gasteiger partial charge in [0, 0.05) is 10.6 Å². The predicted octanol–water partition coefficient (Wildman–Crippen LogP) is 3.40.